The number of carbonyl (C=O) groups is 2. The van der Waals surface area contributed by atoms with Crippen molar-refractivity contribution < 1.29 is 14.3 Å². The second-order valence-corrected chi connectivity index (χ2v) is 6.53. The molecule has 1 fully saturated rings. The molecule has 0 heterocycles. The molecule has 1 saturated carbocycles. The summed E-state index contributed by atoms with van der Waals surface area (Å²) in [4.78, 5) is 28.2. The van der Waals surface area contributed by atoms with Crippen molar-refractivity contribution >= 4 is 11.8 Å². The quantitative estimate of drug-likeness (QED) is 0.648. The molecular weight excluding hydrogens is 294 g/mol. The average Bonchev–Trinajstić information content (AvgIpc) is 2.57. The lowest BCUT2D eigenvalue weighted by atomic mass is 9.94. The van der Waals surface area contributed by atoms with Crippen LogP contribution >= 0.6 is 0 Å². The highest BCUT2D eigenvalue weighted by molar-refractivity contribution is 5.83. The van der Waals surface area contributed by atoms with Crippen molar-refractivity contribution in [3.63, 3.8) is 0 Å². The number of nitrogens with zero attached hydrogens (tertiary/aromatic N) is 2. The normalized spacial score (nSPS) is 17.1. The minimum Gasteiger partial charge on any atom is -0.385 e. The third-order valence-corrected chi connectivity index (χ3v) is 4.73. The number of hydrogen-bond acceptors (Lipinski definition) is 4. The van der Waals surface area contributed by atoms with Crippen LogP contribution in [-0.4, -0.2) is 74.6 Å². The molecule has 1 unspecified atom stereocenters. The fourth-order valence-electron chi connectivity index (χ4n) is 3.00. The topological polar surface area (TPSA) is 61.9 Å². The molecule has 6 heteroatoms. The van der Waals surface area contributed by atoms with E-state index in [4.69, 9.17) is 4.74 Å². The molecule has 0 bridgehead atoms. The minimum absolute atomic E-state index is 0.0522. The van der Waals surface area contributed by atoms with Gasteiger partial charge in [-0.2, -0.15) is 0 Å². The van der Waals surface area contributed by atoms with Crippen molar-refractivity contribution in [2.24, 2.45) is 0 Å². The molecule has 0 saturated heterocycles. The van der Waals surface area contributed by atoms with Crippen LogP contribution in [0.15, 0.2) is 0 Å². The lowest BCUT2D eigenvalue weighted by Gasteiger charge is -2.35. The summed E-state index contributed by atoms with van der Waals surface area (Å²) >= 11 is 0. The van der Waals surface area contributed by atoms with E-state index in [9.17, 15) is 9.59 Å². The third-order valence-electron chi connectivity index (χ3n) is 4.73. The van der Waals surface area contributed by atoms with Crippen molar-refractivity contribution in [2.75, 3.05) is 40.9 Å². The standard InChI is InChI=1S/C17H33N3O3/c1-14(17(22)20(3)15-9-6-5-7-10-15)19(2)13-16(21)18-11-8-12-23-4/h14-15H,5-13H2,1-4H3,(H,18,21). The summed E-state index contributed by atoms with van der Waals surface area (Å²) in [6, 6.07) is 0.0709. The Morgan fingerprint density at radius 2 is 1.87 bits per heavy atom. The van der Waals surface area contributed by atoms with Gasteiger partial charge in [0.2, 0.25) is 11.8 Å². The van der Waals surface area contributed by atoms with Gasteiger partial charge in [0.1, 0.15) is 0 Å². The van der Waals surface area contributed by atoms with Crippen LogP contribution in [0.2, 0.25) is 0 Å². The number of amides is 2. The maximum absolute atomic E-state index is 12.6. The van der Waals surface area contributed by atoms with Crippen LogP contribution in [0.25, 0.3) is 0 Å². The van der Waals surface area contributed by atoms with Gasteiger partial charge in [-0.15, -0.1) is 0 Å². The molecule has 0 aliphatic heterocycles. The zero-order valence-corrected chi connectivity index (χ0v) is 15.1. The molecule has 0 aromatic heterocycles. The van der Waals surface area contributed by atoms with Gasteiger partial charge >= 0.3 is 0 Å². The number of carbonyl (C=O) groups excluding carboxylic acids is 2. The van der Waals surface area contributed by atoms with E-state index in [-0.39, 0.29) is 24.4 Å². The molecule has 134 valence electrons. The highest BCUT2D eigenvalue weighted by atomic mass is 16.5. The number of methoxy groups -OCH3 is 1. The zero-order chi connectivity index (χ0) is 17.2. The maximum atomic E-state index is 12.6. The molecule has 1 N–H and O–H groups in total. The van der Waals surface area contributed by atoms with Crippen LogP contribution in [0.4, 0.5) is 0 Å². The molecular formula is C17H33N3O3. The molecule has 23 heavy (non-hydrogen) atoms. The Bertz CT molecular complexity index is 370. The van der Waals surface area contributed by atoms with E-state index in [2.05, 4.69) is 5.32 Å². The summed E-state index contributed by atoms with van der Waals surface area (Å²) < 4.78 is 4.95. The van der Waals surface area contributed by atoms with Crippen LogP contribution in [0, 0.1) is 0 Å². The fourth-order valence-corrected chi connectivity index (χ4v) is 3.00. The Morgan fingerprint density at radius 1 is 1.22 bits per heavy atom. The van der Waals surface area contributed by atoms with Crippen LogP contribution in [-0.2, 0) is 14.3 Å². The highest BCUT2D eigenvalue weighted by Gasteiger charge is 2.28. The van der Waals surface area contributed by atoms with Crippen molar-refractivity contribution in [3.8, 4) is 0 Å². The summed E-state index contributed by atoms with van der Waals surface area (Å²) in [5, 5.41) is 2.85. The lowest BCUT2D eigenvalue weighted by Crippen LogP contribution is -2.50. The van der Waals surface area contributed by atoms with E-state index in [0.717, 1.165) is 19.3 Å². The van der Waals surface area contributed by atoms with Gasteiger partial charge in [0.05, 0.1) is 12.6 Å². The molecule has 1 aliphatic rings. The van der Waals surface area contributed by atoms with Crippen molar-refractivity contribution in [2.45, 2.75) is 57.5 Å². The Hall–Kier alpha value is -1.14. The SMILES string of the molecule is COCCCNC(=O)CN(C)C(C)C(=O)N(C)C1CCCCC1. The van der Waals surface area contributed by atoms with E-state index in [0.29, 0.717) is 19.2 Å². The van der Waals surface area contributed by atoms with E-state index in [1.165, 1.54) is 19.3 Å². The molecule has 0 aromatic rings. The smallest absolute Gasteiger partial charge is 0.239 e. The molecule has 1 atom stereocenters. The number of likely N-dealkylation sites (N-methyl/N-ethyl adjacent to an activating group) is 2. The molecule has 0 spiro atoms. The summed E-state index contributed by atoms with van der Waals surface area (Å²) in [6.07, 6.45) is 6.67. The predicted molar refractivity (Wildman–Crippen MR) is 91.2 cm³/mol. The Balaban J connectivity index is 2.37. The summed E-state index contributed by atoms with van der Waals surface area (Å²) in [5.74, 6) is 0.0511. The minimum atomic E-state index is -0.286. The van der Waals surface area contributed by atoms with E-state index < -0.39 is 0 Å². The fraction of sp³-hybridized carbons (Fsp3) is 0.882. The summed E-state index contributed by atoms with van der Waals surface area (Å²) in [7, 11) is 5.37. The van der Waals surface area contributed by atoms with Crippen LogP contribution in [0.3, 0.4) is 0 Å². The second kappa shape index (κ2) is 10.6. The van der Waals surface area contributed by atoms with Crippen LogP contribution in [0.1, 0.15) is 45.4 Å². The van der Waals surface area contributed by atoms with Gasteiger partial charge < -0.3 is 15.0 Å². The van der Waals surface area contributed by atoms with Gasteiger partial charge in [0.25, 0.3) is 0 Å². The van der Waals surface area contributed by atoms with Gasteiger partial charge in [-0.05, 0) is 33.2 Å². The van der Waals surface area contributed by atoms with E-state index >= 15 is 0 Å². The van der Waals surface area contributed by atoms with Crippen molar-refractivity contribution in [3.05, 3.63) is 0 Å². The molecule has 1 aliphatic carbocycles. The van der Waals surface area contributed by atoms with Crippen LogP contribution < -0.4 is 5.32 Å². The molecule has 1 rings (SSSR count). The monoisotopic (exact) mass is 327 g/mol. The molecule has 2 amide bonds. The van der Waals surface area contributed by atoms with Gasteiger partial charge in [-0.25, -0.2) is 0 Å². The second-order valence-electron chi connectivity index (χ2n) is 6.53. The Kier molecular flexibility index (Phi) is 9.17. The first-order chi connectivity index (χ1) is 11.0. The number of ether oxygens (including phenoxy) is 1. The zero-order valence-electron chi connectivity index (χ0n) is 15.1. The molecule has 6 nitrogen and oxygen atoms in total. The van der Waals surface area contributed by atoms with Crippen LogP contribution in [0.5, 0.6) is 0 Å². The Labute approximate surface area is 140 Å². The first-order valence-electron chi connectivity index (χ1n) is 8.70. The lowest BCUT2D eigenvalue weighted by molar-refractivity contribution is -0.138. The largest absolute Gasteiger partial charge is 0.385 e. The summed E-state index contributed by atoms with van der Waals surface area (Å²) in [5.41, 5.74) is 0. The third kappa shape index (κ3) is 6.87. The van der Waals surface area contributed by atoms with Gasteiger partial charge in [0.15, 0.2) is 0 Å². The molecule has 0 radical (unpaired) electrons. The van der Waals surface area contributed by atoms with Gasteiger partial charge in [0, 0.05) is 33.4 Å². The Morgan fingerprint density at radius 3 is 2.48 bits per heavy atom. The van der Waals surface area contributed by atoms with Gasteiger partial charge in [-0.1, -0.05) is 19.3 Å². The average molecular weight is 327 g/mol. The number of rotatable bonds is 9. The maximum Gasteiger partial charge on any atom is 0.239 e. The summed E-state index contributed by atoms with van der Waals surface area (Å²) in [6.45, 7) is 3.35. The van der Waals surface area contributed by atoms with E-state index in [1.54, 1.807) is 7.11 Å². The molecule has 0 aromatic carbocycles. The van der Waals surface area contributed by atoms with Crippen molar-refractivity contribution in [1.82, 2.24) is 15.1 Å². The predicted octanol–water partition coefficient (Wildman–Crippen LogP) is 1.25. The number of nitrogens with one attached hydrogen (secondary N) is 1. The first-order valence-corrected chi connectivity index (χ1v) is 8.70. The number of hydrogen-bond donors (Lipinski definition) is 1. The highest BCUT2D eigenvalue weighted by Crippen LogP contribution is 2.22. The van der Waals surface area contributed by atoms with Gasteiger partial charge in [-0.3, -0.25) is 14.5 Å². The first kappa shape index (κ1) is 19.9. The van der Waals surface area contributed by atoms with E-state index in [1.807, 2.05) is 30.8 Å². The van der Waals surface area contributed by atoms with Crippen molar-refractivity contribution in [1.29, 1.82) is 0 Å².